The first-order valence-corrected chi connectivity index (χ1v) is 11.4. The van der Waals surface area contributed by atoms with Crippen LogP contribution in [0.25, 0.3) is 17.1 Å². The lowest BCUT2D eigenvalue weighted by Gasteiger charge is -2.06. The lowest BCUT2D eigenvalue weighted by atomic mass is 10.2. The van der Waals surface area contributed by atoms with E-state index in [4.69, 9.17) is 4.74 Å². The summed E-state index contributed by atoms with van der Waals surface area (Å²) in [6.45, 7) is 2.08. The summed E-state index contributed by atoms with van der Waals surface area (Å²) in [7, 11) is -3.28. The molecule has 0 saturated heterocycles. The number of thioether (sulfide) groups is 1. The van der Waals surface area contributed by atoms with E-state index in [1.165, 1.54) is 23.9 Å². The van der Waals surface area contributed by atoms with Gasteiger partial charge >= 0.3 is 5.97 Å². The van der Waals surface area contributed by atoms with Crippen molar-refractivity contribution in [1.82, 2.24) is 14.8 Å². The Labute approximate surface area is 167 Å². The summed E-state index contributed by atoms with van der Waals surface area (Å²) >= 11 is 1.19. The van der Waals surface area contributed by atoms with E-state index in [1.54, 1.807) is 23.7 Å². The van der Waals surface area contributed by atoms with Crippen molar-refractivity contribution >= 4 is 27.6 Å². The van der Waals surface area contributed by atoms with Gasteiger partial charge in [0.15, 0.2) is 15.7 Å². The molecular weight excluding hydrogens is 398 g/mol. The molecule has 0 bridgehead atoms. The van der Waals surface area contributed by atoms with E-state index in [2.05, 4.69) is 10.1 Å². The van der Waals surface area contributed by atoms with Crippen molar-refractivity contribution in [3.63, 3.8) is 0 Å². The molecule has 9 heteroatoms. The molecule has 1 aromatic heterocycles. The largest absolute Gasteiger partial charge is 0.465 e. The predicted molar refractivity (Wildman–Crippen MR) is 107 cm³/mol. The minimum Gasteiger partial charge on any atom is -0.465 e. The molecule has 0 atom stereocenters. The average Bonchev–Trinajstić information content (AvgIpc) is 3.11. The Morgan fingerprint density at radius 3 is 2.39 bits per heavy atom. The fourth-order valence-electron chi connectivity index (χ4n) is 2.47. The molecule has 0 radical (unpaired) electrons. The van der Waals surface area contributed by atoms with Crippen molar-refractivity contribution in [2.45, 2.75) is 17.0 Å². The van der Waals surface area contributed by atoms with Gasteiger partial charge in [0.2, 0.25) is 5.16 Å². The third-order valence-corrected chi connectivity index (χ3v) is 5.69. The molecule has 0 aliphatic rings. The molecule has 0 aliphatic carbocycles. The van der Waals surface area contributed by atoms with Crippen molar-refractivity contribution in [1.29, 1.82) is 0 Å². The number of sulfone groups is 1. The second-order valence-corrected chi connectivity index (χ2v) is 8.81. The SMILES string of the molecule is CCOC(=O)CSc1nc(-c2ccccc2)n(-c2ccc(S(C)(=O)=O)cc2)n1. The first-order valence-electron chi connectivity index (χ1n) is 8.50. The minimum atomic E-state index is -3.28. The first kappa shape index (κ1) is 20.1. The maximum Gasteiger partial charge on any atom is 0.316 e. The fraction of sp³-hybridized carbons (Fsp3) is 0.211. The molecule has 3 aromatic rings. The molecule has 0 spiro atoms. The van der Waals surface area contributed by atoms with E-state index in [1.807, 2.05) is 30.3 Å². The highest BCUT2D eigenvalue weighted by molar-refractivity contribution is 7.99. The highest BCUT2D eigenvalue weighted by atomic mass is 32.2. The van der Waals surface area contributed by atoms with Crippen LogP contribution in [0.15, 0.2) is 64.6 Å². The van der Waals surface area contributed by atoms with Gasteiger partial charge in [0.05, 0.1) is 22.9 Å². The van der Waals surface area contributed by atoms with Crippen LogP contribution in [0.5, 0.6) is 0 Å². The molecular formula is C19H19N3O4S2. The van der Waals surface area contributed by atoms with Crippen LogP contribution in [0, 0.1) is 0 Å². The molecule has 0 N–H and O–H groups in total. The normalized spacial score (nSPS) is 11.4. The number of nitrogens with zero attached hydrogens (tertiary/aromatic N) is 3. The van der Waals surface area contributed by atoms with Crippen molar-refractivity contribution in [2.75, 3.05) is 18.6 Å². The Bertz CT molecular complexity index is 1060. The van der Waals surface area contributed by atoms with Gasteiger partial charge in [-0.1, -0.05) is 42.1 Å². The lowest BCUT2D eigenvalue weighted by molar-refractivity contribution is -0.139. The lowest BCUT2D eigenvalue weighted by Crippen LogP contribution is -2.06. The van der Waals surface area contributed by atoms with Gasteiger partial charge in [-0.2, -0.15) is 0 Å². The van der Waals surface area contributed by atoms with Gasteiger partial charge in [0.1, 0.15) is 0 Å². The Hall–Kier alpha value is -2.65. The van der Waals surface area contributed by atoms with E-state index in [9.17, 15) is 13.2 Å². The third kappa shape index (κ3) is 4.79. The molecule has 7 nitrogen and oxygen atoms in total. The van der Waals surface area contributed by atoms with Crippen LogP contribution in [0.4, 0.5) is 0 Å². The number of aromatic nitrogens is 3. The summed E-state index contributed by atoms with van der Waals surface area (Å²) in [5.74, 6) is 0.376. The average molecular weight is 418 g/mol. The summed E-state index contributed by atoms with van der Waals surface area (Å²) < 4.78 is 30.0. The predicted octanol–water partition coefficient (Wildman–Crippen LogP) is 2.99. The van der Waals surface area contributed by atoms with Crippen molar-refractivity contribution in [3.8, 4) is 17.1 Å². The number of esters is 1. The molecule has 28 heavy (non-hydrogen) atoms. The minimum absolute atomic E-state index is 0.110. The van der Waals surface area contributed by atoms with Crippen LogP contribution in [0.2, 0.25) is 0 Å². The standard InChI is InChI=1S/C19H19N3O4S2/c1-3-26-17(23)13-27-19-20-18(14-7-5-4-6-8-14)22(21-19)15-9-11-16(12-10-15)28(2,24)25/h4-12H,3,13H2,1-2H3. The monoisotopic (exact) mass is 417 g/mol. The molecule has 0 aliphatic heterocycles. The van der Waals surface area contributed by atoms with E-state index in [0.717, 1.165) is 11.8 Å². The van der Waals surface area contributed by atoms with Crippen molar-refractivity contribution in [2.24, 2.45) is 0 Å². The summed E-state index contributed by atoms with van der Waals surface area (Å²) in [4.78, 5) is 16.4. The zero-order chi connectivity index (χ0) is 20.1. The number of hydrogen-bond acceptors (Lipinski definition) is 7. The zero-order valence-electron chi connectivity index (χ0n) is 15.4. The summed E-state index contributed by atoms with van der Waals surface area (Å²) in [5.41, 5.74) is 1.52. The topological polar surface area (TPSA) is 91.1 Å². The van der Waals surface area contributed by atoms with Gasteiger partial charge in [-0.25, -0.2) is 18.1 Å². The third-order valence-electron chi connectivity index (χ3n) is 3.75. The number of rotatable bonds is 7. The van der Waals surface area contributed by atoms with Gasteiger partial charge < -0.3 is 4.74 Å². The van der Waals surface area contributed by atoms with E-state index < -0.39 is 9.84 Å². The summed E-state index contributed by atoms with van der Waals surface area (Å²) in [6, 6.07) is 15.9. The van der Waals surface area contributed by atoms with Crippen LogP contribution in [0.1, 0.15) is 6.92 Å². The Morgan fingerprint density at radius 1 is 1.11 bits per heavy atom. The molecule has 2 aromatic carbocycles. The highest BCUT2D eigenvalue weighted by Gasteiger charge is 2.16. The van der Waals surface area contributed by atoms with Crippen molar-refractivity contribution in [3.05, 3.63) is 54.6 Å². The molecule has 1 heterocycles. The number of carbonyl (C=O) groups is 1. The first-order chi connectivity index (χ1) is 13.4. The van der Waals surface area contributed by atoms with Crippen LogP contribution in [-0.2, 0) is 19.4 Å². The molecule has 3 rings (SSSR count). The van der Waals surface area contributed by atoms with Crippen LogP contribution in [-0.4, -0.2) is 47.8 Å². The number of ether oxygens (including phenoxy) is 1. The number of benzene rings is 2. The smallest absolute Gasteiger partial charge is 0.316 e. The second-order valence-electron chi connectivity index (χ2n) is 5.86. The molecule has 0 saturated carbocycles. The van der Waals surface area contributed by atoms with Crippen LogP contribution < -0.4 is 0 Å². The second kappa shape index (κ2) is 8.57. The van der Waals surface area contributed by atoms with Gasteiger partial charge in [-0.15, -0.1) is 5.10 Å². The number of hydrogen-bond donors (Lipinski definition) is 0. The molecule has 146 valence electrons. The Balaban J connectivity index is 1.97. The Kier molecular flexibility index (Phi) is 6.15. The van der Waals surface area contributed by atoms with Gasteiger partial charge in [-0.3, -0.25) is 4.79 Å². The van der Waals surface area contributed by atoms with E-state index >= 15 is 0 Å². The van der Waals surface area contributed by atoms with Gasteiger partial charge in [-0.05, 0) is 31.2 Å². The maximum absolute atomic E-state index is 11.7. The van der Waals surface area contributed by atoms with Crippen LogP contribution >= 0.6 is 11.8 Å². The molecule has 0 amide bonds. The fourth-order valence-corrected chi connectivity index (χ4v) is 3.72. The highest BCUT2D eigenvalue weighted by Crippen LogP contribution is 2.25. The summed E-state index contributed by atoms with van der Waals surface area (Å²) in [6.07, 6.45) is 1.16. The quantitative estimate of drug-likeness (QED) is 0.431. The van der Waals surface area contributed by atoms with Crippen molar-refractivity contribution < 1.29 is 17.9 Å². The van der Waals surface area contributed by atoms with E-state index in [0.29, 0.717) is 23.3 Å². The van der Waals surface area contributed by atoms with Crippen LogP contribution in [0.3, 0.4) is 0 Å². The van der Waals surface area contributed by atoms with E-state index in [-0.39, 0.29) is 16.6 Å². The van der Waals surface area contributed by atoms with Gasteiger partial charge in [0.25, 0.3) is 0 Å². The zero-order valence-corrected chi connectivity index (χ0v) is 17.0. The molecule has 0 unspecified atom stereocenters. The number of carbonyl (C=O) groups excluding carboxylic acids is 1. The molecule has 0 fully saturated rings. The van der Waals surface area contributed by atoms with Gasteiger partial charge in [0, 0.05) is 11.8 Å². The maximum atomic E-state index is 11.7. The summed E-state index contributed by atoms with van der Waals surface area (Å²) in [5, 5.41) is 4.92. The Morgan fingerprint density at radius 2 is 1.79 bits per heavy atom.